The number of unbranched alkanes of at least 4 members (excludes halogenated alkanes) is 37. The van der Waals surface area contributed by atoms with Crippen molar-refractivity contribution in [2.24, 2.45) is 0 Å². The molecule has 0 fully saturated rings. The number of rotatable bonds is 50. The number of hydrogen-bond donors (Lipinski definition) is 3. The van der Waals surface area contributed by atoms with Gasteiger partial charge in [0.05, 0.1) is 25.4 Å². The van der Waals surface area contributed by atoms with Gasteiger partial charge in [-0.25, -0.2) is 0 Å². The zero-order valence-corrected chi connectivity index (χ0v) is 40.9. The molecule has 0 heterocycles. The molecule has 0 spiro atoms. The van der Waals surface area contributed by atoms with Gasteiger partial charge < -0.3 is 20.3 Å². The van der Waals surface area contributed by atoms with Crippen LogP contribution in [0.5, 0.6) is 0 Å². The van der Waals surface area contributed by atoms with E-state index in [-0.39, 0.29) is 18.5 Å². The molecular formula is C55H105NO5. The predicted octanol–water partition coefficient (Wildman–Crippen LogP) is 16.3. The van der Waals surface area contributed by atoms with Gasteiger partial charge in [0.1, 0.15) is 0 Å². The van der Waals surface area contributed by atoms with Crippen LogP contribution in [0.4, 0.5) is 0 Å². The van der Waals surface area contributed by atoms with Crippen LogP contribution in [0.3, 0.4) is 0 Å². The van der Waals surface area contributed by atoms with Crippen LogP contribution in [0, 0.1) is 0 Å². The molecule has 0 aliphatic rings. The van der Waals surface area contributed by atoms with Crippen LogP contribution in [0.2, 0.25) is 0 Å². The molecule has 0 saturated carbocycles. The van der Waals surface area contributed by atoms with Crippen LogP contribution in [-0.2, 0) is 14.3 Å². The third kappa shape index (κ3) is 47.7. The molecule has 3 N–H and O–H groups in total. The van der Waals surface area contributed by atoms with Gasteiger partial charge in [0.25, 0.3) is 0 Å². The molecule has 0 aliphatic heterocycles. The molecule has 2 unspecified atom stereocenters. The number of nitrogens with one attached hydrogen (secondary N) is 1. The molecule has 0 aromatic carbocycles. The molecule has 1 amide bonds. The molecule has 6 nitrogen and oxygen atoms in total. The summed E-state index contributed by atoms with van der Waals surface area (Å²) in [7, 11) is 0. The van der Waals surface area contributed by atoms with Crippen LogP contribution in [0.25, 0.3) is 0 Å². The summed E-state index contributed by atoms with van der Waals surface area (Å²) in [5.41, 5.74) is 0. The Hall–Kier alpha value is -1.66. The van der Waals surface area contributed by atoms with Crippen molar-refractivity contribution >= 4 is 11.9 Å². The number of ether oxygens (including phenoxy) is 1. The molecule has 0 saturated heterocycles. The third-order valence-corrected chi connectivity index (χ3v) is 12.5. The molecule has 2 atom stereocenters. The number of allylic oxidation sites excluding steroid dienone is 3. The van der Waals surface area contributed by atoms with Crippen molar-refractivity contribution in [3.63, 3.8) is 0 Å². The molecule has 0 aliphatic carbocycles. The smallest absolute Gasteiger partial charge is 0.305 e. The minimum Gasteiger partial charge on any atom is -0.466 e. The van der Waals surface area contributed by atoms with E-state index < -0.39 is 12.1 Å². The summed E-state index contributed by atoms with van der Waals surface area (Å²) in [6, 6.07) is -0.626. The highest BCUT2D eigenvalue weighted by atomic mass is 16.5. The Morgan fingerprint density at radius 1 is 0.443 bits per heavy atom. The Balaban J connectivity index is 3.39. The zero-order chi connectivity index (χ0) is 44.4. The largest absolute Gasteiger partial charge is 0.466 e. The summed E-state index contributed by atoms with van der Waals surface area (Å²) < 4.78 is 5.45. The van der Waals surface area contributed by atoms with Crippen molar-refractivity contribution in [2.45, 2.75) is 302 Å². The maximum Gasteiger partial charge on any atom is 0.305 e. The topological polar surface area (TPSA) is 95.9 Å². The second-order valence-electron chi connectivity index (χ2n) is 18.6. The number of esters is 1. The highest BCUT2D eigenvalue weighted by Gasteiger charge is 2.18. The van der Waals surface area contributed by atoms with Gasteiger partial charge in [0.15, 0.2) is 0 Å². The van der Waals surface area contributed by atoms with Gasteiger partial charge in [-0.2, -0.15) is 0 Å². The molecular weight excluding hydrogens is 755 g/mol. The maximum absolute atomic E-state index is 12.4. The van der Waals surface area contributed by atoms with E-state index in [9.17, 15) is 19.8 Å². The average Bonchev–Trinajstić information content (AvgIpc) is 3.26. The monoisotopic (exact) mass is 860 g/mol. The Morgan fingerprint density at radius 2 is 0.787 bits per heavy atom. The summed E-state index contributed by atoms with van der Waals surface area (Å²) in [6.07, 6.45) is 60.5. The van der Waals surface area contributed by atoms with Crippen molar-refractivity contribution in [1.29, 1.82) is 0 Å². The molecule has 0 rings (SSSR count). The molecule has 61 heavy (non-hydrogen) atoms. The standard InChI is InChI=1S/C55H105NO5/c1-3-5-7-9-11-13-27-31-35-39-43-47-53(58)52(51-57)56-54(59)48-44-40-36-32-29-25-23-21-19-17-15-16-18-20-22-24-26-30-34-38-42-46-50-61-55(60)49-45-41-37-33-28-14-12-10-8-6-4-2/h10,12,43,47,52-53,57-58H,3-9,11,13-42,44-46,48-51H2,1-2H3,(H,56,59)/b12-10-,47-43+. The van der Waals surface area contributed by atoms with Gasteiger partial charge in [0.2, 0.25) is 5.91 Å². The zero-order valence-electron chi connectivity index (χ0n) is 40.9. The average molecular weight is 860 g/mol. The van der Waals surface area contributed by atoms with E-state index in [1.54, 1.807) is 6.08 Å². The predicted molar refractivity (Wildman–Crippen MR) is 264 cm³/mol. The molecule has 0 bridgehead atoms. The minimum atomic E-state index is -0.842. The van der Waals surface area contributed by atoms with Crippen LogP contribution in [0.1, 0.15) is 290 Å². The number of carbonyl (C=O) groups excluding carboxylic acids is 2. The molecule has 0 aromatic rings. The lowest BCUT2D eigenvalue weighted by molar-refractivity contribution is -0.143. The summed E-state index contributed by atoms with van der Waals surface area (Å²) >= 11 is 0. The highest BCUT2D eigenvalue weighted by molar-refractivity contribution is 5.76. The van der Waals surface area contributed by atoms with Crippen molar-refractivity contribution in [1.82, 2.24) is 5.32 Å². The number of aliphatic hydroxyl groups is 2. The Morgan fingerprint density at radius 3 is 1.21 bits per heavy atom. The van der Waals surface area contributed by atoms with Crippen LogP contribution >= 0.6 is 0 Å². The van der Waals surface area contributed by atoms with Crippen molar-refractivity contribution in [3.05, 3.63) is 24.3 Å². The molecule has 0 radical (unpaired) electrons. The second kappa shape index (κ2) is 51.0. The van der Waals surface area contributed by atoms with Gasteiger partial charge in [-0.15, -0.1) is 0 Å². The van der Waals surface area contributed by atoms with E-state index in [0.29, 0.717) is 19.4 Å². The lowest BCUT2D eigenvalue weighted by atomic mass is 10.0. The first-order valence-electron chi connectivity index (χ1n) is 27.1. The SMILES string of the molecule is CCCC/C=C\CCCCCCCC(=O)OCCCCCCCCCCCCCCCCCCCCCCCCC(=O)NC(CO)C(O)/C=C/CCCCCCCCCCC. The van der Waals surface area contributed by atoms with Crippen LogP contribution < -0.4 is 5.32 Å². The third-order valence-electron chi connectivity index (χ3n) is 12.5. The van der Waals surface area contributed by atoms with Crippen LogP contribution in [0.15, 0.2) is 24.3 Å². The fourth-order valence-electron chi connectivity index (χ4n) is 8.26. The second-order valence-corrected chi connectivity index (χ2v) is 18.6. The Kier molecular flexibility index (Phi) is 49.6. The number of aliphatic hydroxyl groups excluding tert-OH is 2. The first kappa shape index (κ1) is 59.3. The van der Waals surface area contributed by atoms with Crippen molar-refractivity contribution in [2.75, 3.05) is 13.2 Å². The first-order chi connectivity index (χ1) is 30.0. The van der Waals surface area contributed by atoms with Crippen LogP contribution in [-0.4, -0.2) is 47.4 Å². The summed E-state index contributed by atoms with van der Waals surface area (Å²) in [5, 5.41) is 23.0. The Bertz CT molecular complexity index is 951. The number of amides is 1. The van der Waals surface area contributed by atoms with Gasteiger partial charge >= 0.3 is 5.97 Å². The molecule has 6 heteroatoms. The van der Waals surface area contributed by atoms with Gasteiger partial charge in [-0.1, -0.05) is 250 Å². The quantitative estimate of drug-likeness (QED) is 0.0322. The highest BCUT2D eigenvalue weighted by Crippen LogP contribution is 2.17. The number of hydrogen-bond acceptors (Lipinski definition) is 5. The van der Waals surface area contributed by atoms with Crippen molar-refractivity contribution in [3.8, 4) is 0 Å². The van der Waals surface area contributed by atoms with Gasteiger partial charge in [-0.3, -0.25) is 9.59 Å². The van der Waals surface area contributed by atoms with E-state index in [0.717, 1.165) is 44.9 Å². The summed E-state index contributed by atoms with van der Waals surface area (Å²) in [5.74, 6) is -0.0681. The number of carbonyl (C=O) groups is 2. The van der Waals surface area contributed by atoms with E-state index in [1.807, 2.05) is 6.08 Å². The van der Waals surface area contributed by atoms with Gasteiger partial charge in [-0.05, 0) is 51.4 Å². The Labute approximate surface area is 380 Å². The fourth-order valence-corrected chi connectivity index (χ4v) is 8.26. The minimum absolute atomic E-state index is 0.00123. The van der Waals surface area contributed by atoms with Gasteiger partial charge in [0, 0.05) is 12.8 Å². The van der Waals surface area contributed by atoms with Crippen molar-refractivity contribution < 1.29 is 24.5 Å². The summed E-state index contributed by atoms with van der Waals surface area (Å²) in [6.45, 7) is 4.85. The van der Waals surface area contributed by atoms with E-state index in [4.69, 9.17) is 4.74 Å². The normalized spacial score (nSPS) is 12.8. The lowest BCUT2D eigenvalue weighted by Gasteiger charge is -2.20. The molecule has 360 valence electrons. The van der Waals surface area contributed by atoms with E-state index >= 15 is 0 Å². The van der Waals surface area contributed by atoms with E-state index in [2.05, 4.69) is 31.3 Å². The molecule has 0 aromatic heterocycles. The summed E-state index contributed by atoms with van der Waals surface area (Å²) in [4.78, 5) is 24.4. The lowest BCUT2D eigenvalue weighted by Crippen LogP contribution is -2.45. The fraction of sp³-hybridized carbons (Fsp3) is 0.891. The maximum atomic E-state index is 12.4. The first-order valence-corrected chi connectivity index (χ1v) is 27.1. The van der Waals surface area contributed by atoms with E-state index in [1.165, 1.54) is 218 Å².